The Balaban J connectivity index is 1.80. The van der Waals surface area contributed by atoms with Crippen molar-refractivity contribution in [2.75, 3.05) is 14.2 Å². The van der Waals surface area contributed by atoms with E-state index in [-0.39, 0.29) is 35.8 Å². The van der Waals surface area contributed by atoms with E-state index < -0.39 is 11.8 Å². The lowest BCUT2D eigenvalue weighted by Gasteiger charge is -2.06. The van der Waals surface area contributed by atoms with Crippen LogP contribution in [0.3, 0.4) is 0 Å². The Morgan fingerprint density at radius 2 is 1.22 bits per heavy atom. The van der Waals surface area contributed by atoms with E-state index in [9.17, 15) is 19.8 Å². The first-order chi connectivity index (χ1) is 15.2. The fourth-order valence-corrected chi connectivity index (χ4v) is 3.26. The van der Waals surface area contributed by atoms with E-state index >= 15 is 0 Å². The zero-order valence-corrected chi connectivity index (χ0v) is 20.2. The number of benzene rings is 2. The van der Waals surface area contributed by atoms with Crippen LogP contribution >= 0.6 is 31.9 Å². The maximum atomic E-state index is 11.9. The van der Waals surface area contributed by atoms with Crippen LogP contribution in [-0.4, -0.2) is 48.7 Å². The first kappa shape index (κ1) is 25.1. The zero-order valence-electron chi connectivity index (χ0n) is 17.1. The average Bonchev–Trinajstić information content (AvgIpc) is 2.76. The van der Waals surface area contributed by atoms with Crippen LogP contribution in [0.1, 0.15) is 24.0 Å². The van der Waals surface area contributed by atoms with Crippen LogP contribution in [0.2, 0.25) is 0 Å². The van der Waals surface area contributed by atoms with Gasteiger partial charge in [-0.15, -0.1) is 0 Å². The average molecular weight is 572 g/mol. The Morgan fingerprint density at radius 3 is 1.56 bits per heavy atom. The van der Waals surface area contributed by atoms with Crippen molar-refractivity contribution in [3.63, 3.8) is 0 Å². The van der Waals surface area contributed by atoms with Crippen LogP contribution in [0.25, 0.3) is 0 Å². The van der Waals surface area contributed by atoms with E-state index in [1.165, 1.54) is 26.6 Å². The fourth-order valence-electron chi connectivity index (χ4n) is 2.34. The summed E-state index contributed by atoms with van der Waals surface area (Å²) in [6, 6.07) is 6.29. The van der Waals surface area contributed by atoms with Crippen LogP contribution in [0, 0.1) is 0 Å². The van der Waals surface area contributed by atoms with Gasteiger partial charge in [0.2, 0.25) is 11.8 Å². The molecule has 32 heavy (non-hydrogen) atoms. The summed E-state index contributed by atoms with van der Waals surface area (Å²) in [5.41, 5.74) is 5.79. The molecule has 0 aliphatic carbocycles. The molecule has 0 aliphatic heterocycles. The maximum absolute atomic E-state index is 11.9. The van der Waals surface area contributed by atoms with Crippen LogP contribution in [0.5, 0.6) is 23.0 Å². The third-order valence-corrected chi connectivity index (χ3v) is 5.14. The summed E-state index contributed by atoms with van der Waals surface area (Å²) in [5, 5.41) is 27.2. The van der Waals surface area contributed by atoms with Gasteiger partial charge in [-0.05, 0) is 67.3 Å². The monoisotopic (exact) mass is 570 g/mol. The lowest BCUT2D eigenvalue weighted by atomic mass is 10.2. The lowest BCUT2D eigenvalue weighted by molar-refractivity contribution is -0.126. The molecule has 12 heteroatoms. The molecule has 10 nitrogen and oxygen atoms in total. The van der Waals surface area contributed by atoms with E-state index in [0.29, 0.717) is 20.1 Å². The third-order valence-electron chi connectivity index (χ3n) is 3.93. The molecule has 2 rings (SSSR count). The standard InChI is InChI=1S/C20H20Br2N4O6/c1-31-15-7-11(5-13(21)19(15)29)9-23-25-17(27)3-4-18(28)26-24-10-12-6-14(22)20(30)16(8-12)32-2/h5-10,29-30H,3-4H2,1-2H3,(H,25,27)(H,26,28). The summed E-state index contributed by atoms with van der Waals surface area (Å²) in [7, 11) is 2.83. The van der Waals surface area contributed by atoms with Gasteiger partial charge in [0.1, 0.15) is 0 Å². The van der Waals surface area contributed by atoms with E-state index in [2.05, 4.69) is 52.9 Å². The SMILES string of the molecule is COc1cc(C=NNC(=O)CCC(=O)NN=Cc2cc(Br)c(O)c(OC)c2)cc(Br)c1O. The number of nitrogens with one attached hydrogen (secondary N) is 2. The van der Waals surface area contributed by atoms with Gasteiger partial charge in [0.25, 0.3) is 0 Å². The third kappa shape index (κ3) is 7.24. The van der Waals surface area contributed by atoms with E-state index in [1.54, 1.807) is 24.3 Å². The van der Waals surface area contributed by atoms with Crippen molar-refractivity contribution in [2.24, 2.45) is 10.2 Å². The number of ether oxygens (including phenoxy) is 2. The first-order valence-corrected chi connectivity index (χ1v) is 10.6. The van der Waals surface area contributed by atoms with E-state index in [1.807, 2.05) is 0 Å². The molecule has 2 aromatic carbocycles. The highest BCUT2D eigenvalue weighted by Gasteiger charge is 2.09. The highest BCUT2D eigenvalue weighted by Crippen LogP contribution is 2.35. The van der Waals surface area contributed by atoms with Crippen molar-refractivity contribution in [2.45, 2.75) is 12.8 Å². The minimum atomic E-state index is -0.461. The van der Waals surface area contributed by atoms with Crippen LogP contribution in [-0.2, 0) is 9.59 Å². The first-order valence-electron chi connectivity index (χ1n) is 9.02. The number of carbonyl (C=O) groups is 2. The zero-order chi connectivity index (χ0) is 23.7. The molecule has 0 unspecified atom stereocenters. The fraction of sp³-hybridized carbons (Fsp3) is 0.200. The molecule has 0 atom stereocenters. The molecule has 2 aromatic rings. The Kier molecular flexibility index (Phi) is 9.47. The molecule has 0 bridgehead atoms. The molecule has 0 saturated heterocycles. The Morgan fingerprint density at radius 1 is 0.844 bits per heavy atom. The predicted octanol–water partition coefficient (Wildman–Crippen LogP) is 3.02. The Hall–Kier alpha value is -3.12. The second-order valence-electron chi connectivity index (χ2n) is 6.19. The summed E-state index contributed by atoms with van der Waals surface area (Å²) in [4.78, 5) is 23.7. The van der Waals surface area contributed by atoms with Crippen molar-refractivity contribution in [3.05, 3.63) is 44.3 Å². The van der Waals surface area contributed by atoms with E-state index in [4.69, 9.17) is 9.47 Å². The molecule has 0 aromatic heterocycles. The molecule has 170 valence electrons. The number of methoxy groups -OCH3 is 2. The second-order valence-corrected chi connectivity index (χ2v) is 7.90. The van der Waals surface area contributed by atoms with Crippen molar-refractivity contribution in [1.82, 2.24) is 10.9 Å². The number of carbonyl (C=O) groups excluding carboxylic acids is 2. The topological polar surface area (TPSA) is 142 Å². The molecule has 2 amide bonds. The van der Waals surface area contributed by atoms with Crippen LogP contribution in [0.15, 0.2) is 43.4 Å². The number of amides is 2. The molecular formula is C20H20Br2N4O6. The van der Waals surface area contributed by atoms with Crippen LogP contribution < -0.4 is 20.3 Å². The lowest BCUT2D eigenvalue weighted by Crippen LogP contribution is -2.22. The maximum Gasteiger partial charge on any atom is 0.240 e. The molecule has 0 heterocycles. The van der Waals surface area contributed by atoms with Gasteiger partial charge in [-0.2, -0.15) is 10.2 Å². The number of halogens is 2. The van der Waals surface area contributed by atoms with Gasteiger partial charge >= 0.3 is 0 Å². The van der Waals surface area contributed by atoms with E-state index in [0.717, 1.165) is 0 Å². The largest absolute Gasteiger partial charge is 0.503 e. The van der Waals surface area contributed by atoms with Crippen molar-refractivity contribution in [3.8, 4) is 23.0 Å². The van der Waals surface area contributed by atoms with Gasteiger partial charge in [-0.3, -0.25) is 9.59 Å². The molecule has 0 aliphatic rings. The number of phenolic OH excluding ortho intramolecular Hbond substituents is 2. The van der Waals surface area contributed by atoms with Gasteiger partial charge in [-0.1, -0.05) is 0 Å². The highest BCUT2D eigenvalue weighted by molar-refractivity contribution is 9.10. The molecule has 0 saturated carbocycles. The predicted molar refractivity (Wildman–Crippen MR) is 125 cm³/mol. The number of hydrogen-bond acceptors (Lipinski definition) is 8. The number of rotatable bonds is 9. The van der Waals surface area contributed by atoms with Crippen molar-refractivity contribution in [1.29, 1.82) is 0 Å². The highest BCUT2D eigenvalue weighted by atomic mass is 79.9. The van der Waals surface area contributed by atoms with Gasteiger partial charge in [0.15, 0.2) is 23.0 Å². The number of aromatic hydroxyl groups is 2. The summed E-state index contributed by atoms with van der Waals surface area (Å²) in [5.74, 6) is -0.501. The Bertz CT molecular complexity index is 975. The van der Waals surface area contributed by atoms with Gasteiger partial charge < -0.3 is 19.7 Å². The second kappa shape index (κ2) is 12.1. The minimum absolute atomic E-state index is 0.0421. The molecular weight excluding hydrogens is 552 g/mol. The number of hydrazone groups is 2. The summed E-state index contributed by atoms with van der Waals surface area (Å²) in [6.45, 7) is 0. The van der Waals surface area contributed by atoms with Gasteiger partial charge in [0, 0.05) is 12.8 Å². The summed E-state index contributed by atoms with van der Waals surface area (Å²) in [6.07, 6.45) is 2.55. The molecule has 0 spiro atoms. The van der Waals surface area contributed by atoms with Crippen LogP contribution in [0.4, 0.5) is 0 Å². The molecule has 4 N–H and O–H groups in total. The quantitative estimate of drug-likeness (QED) is 0.269. The minimum Gasteiger partial charge on any atom is -0.503 e. The number of hydrogen-bond donors (Lipinski definition) is 4. The normalized spacial score (nSPS) is 11.0. The van der Waals surface area contributed by atoms with Gasteiger partial charge in [-0.25, -0.2) is 10.9 Å². The molecule has 0 fully saturated rings. The number of nitrogens with zero attached hydrogens (tertiary/aromatic N) is 2. The summed E-state index contributed by atoms with van der Waals surface area (Å²) < 4.78 is 10.9. The number of phenols is 2. The van der Waals surface area contributed by atoms with Crippen molar-refractivity contribution >= 4 is 56.1 Å². The summed E-state index contributed by atoms with van der Waals surface area (Å²) >= 11 is 6.39. The van der Waals surface area contributed by atoms with Crippen molar-refractivity contribution < 1.29 is 29.3 Å². The molecule has 0 radical (unpaired) electrons. The van der Waals surface area contributed by atoms with Gasteiger partial charge in [0.05, 0.1) is 35.6 Å². The Labute approximate surface area is 200 Å². The smallest absolute Gasteiger partial charge is 0.240 e.